The Hall–Kier alpha value is -2.62. The van der Waals surface area contributed by atoms with Crippen molar-refractivity contribution >= 4 is 17.7 Å². The highest BCUT2D eigenvalue weighted by atomic mass is 32.2. The highest BCUT2D eigenvalue weighted by Gasteiger charge is 2.23. The molecule has 0 atom stereocenters. The van der Waals surface area contributed by atoms with Gasteiger partial charge in [-0.2, -0.15) is 0 Å². The zero-order valence-electron chi connectivity index (χ0n) is 16.9. The van der Waals surface area contributed by atoms with Crippen molar-refractivity contribution in [1.29, 1.82) is 0 Å². The van der Waals surface area contributed by atoms with Gasteiger partial charge in [-0.05, 0) is 48.2 Å². The average molecular weight is 415 g/mol. The van der Waals surface area contributed by atoms with Gasteiger partial charge in [0.05, 0.1) is 18.6 Å². The van der Waals surface area contributed by atoms with Crippen molar-refractivity contribution < 1.29 is 4.74 Å². The van der Waals surface area contributed by atoms with E-state index < -0.39 is 0 Å². The fraction of sp³-hybridized carbons (Fsp3) is 0.526. The second-order valence-electron chi connectivity index (χ2n) is 6.94. The summed E-state index contributed by atoms with van der Waals surface area (Å²) in [6.45, 7) is 4.91. The lowest BCUT2D eigenvalue weighted by atomic mass is 10.1. The molecule has 0 unspecified atom stereocenters. The summed E-state index contributed by atoms with van der Waals surface area (Å²) in [5.41, 5.74) is 0.941. The number of tetrazole rings is 1. The minimum Gasteiger partial charge on any atom is -0.495 e. The molecule has 0 aliphatic carbocycles. The molecule has 4 rings (SSSR count). The monoisotopic (exact) mass is 414 g/mol. The summed E-state index contributed by atoms with van der Waals surface area (Å²) in [5, 5.41) is 21.9. The van der Waals surface area contributed by atoms with Crippen LogP contribution in [0.4, 0.5) is 5.95 Å². The number of hydrogen-bond acceptors (Lipinski definition) is 8. The molecule has 0 bridgehead atoms. The van der Waals surface area contributed by atoms with E-state index in [4.69, 9.17) is 4.74 Å². The fourth-order valence-corrected chi connectivity index (χ4v) is 4.39. The van der Waals surface area contributed by atoms with Crippen molar-refractivity contribution in [2.45, 2.75) is 50.1 Å². The number of benzene rings is 1. The number of rotatable bonds is 8. The second kappa shape index (κ2) is 9.25. The number of anilines is 1. The van der Waals surface area contributed by atoms with E-state index in [9.17, 15) is 0 Å². The minimum absolute atomic E-state index is 0.625. The Morgan fingerprint density at radius 2 is 1.90 bits per heavy atom. The van der Waals surface area contributed by atoms with Crippen molar-refractivity contribution in [3.8, 4) is 11.4 Å². The highest BCUT2D eigenvalue weighted by molar-refractivity contribution is 7.98. The molecule has 1 aromatic carbocycles. The van der Waals surface area contributed by atoms with Gasteiger partial charge in [-0.15, -0.1) is 15.3 Å². The molecule has 3 aromatic rings. The van der Waals surface area contributed by atoms with Crippen molar-refractivity contribution in [2.24, 2.45) is 0 Å². The quantitative estimate of drug-likeness (QED) is 0.520. The summed E-state index contributed by atoms with van der Waals surface area (Å²) >= 11 is 1.59. The largest absolute Gasteiger partial charge is 0.495 e. The Morgan fingerprint density at radius 3 is 2.69 bits per heavy atom. The van der Waals surface area contributed by atoms with E-state index in [0.717, 1.165) is 54.4 Å². The smallest absolute Gasteiger partial charge is 0.232 e. The van der Waals surface area contributed by atoms with E-state index in [0.29, 0.717) is 5.75 Å². The van der Waals surface area contributed by atoms with E-state index in [1.807, 2.05) is 28.9 Å². The van der Waals surface area contributed by atoms with Crippen LogP contribution >= 0.6 is 11.8 Å². The van der Waals surface area contributed by atoms with Crippen LogP contribution in [0, 0.1) is 0 Å². The van der Waals surface area contributed by atoms with Gasteiger partial charge in [-0.25, -0.2) is 4.68 Å². The van der Waals surface area contributed by atoms with Gasteiger partial charge in [-0.3, -0.25) is 4.57 Å². The number of thioether (sulfide) groups is 1. The van der Waals surface area contributed by atoms with E-state index in [1.165, 1.54) is 19.3 Å². The lowest BCUT2D eigenvalue weighted by Gasteiger charge is -2.28. The molecular weight excluding hydrogens is 388 g/mol. The third-order valence-corrected chi connectivity index (χ3v) is 5.88. The van der Waals surface area contributed by atoms with Crippen LogP contribution in [0.5, 0.6) is 5.75 Å². The Bertz CT molecular complexity index is 934. The first-order valence-electron chi connectivity index (χ1n) is 10.0. The van der Waals surface area contributed by atoms with Crippen LogP contribution in [0.3, 0.4) is 0 Å². The molecule has 0 saturated carbocycles. The fourth-order valence-electron chi connectivity index (χ4n) is 3.52. The molecule has 0 radical (unpaired) electrons. The van der Waals surface area contributed by atoms with Crippen molar-refractivity contribution in [1.82, 2.24) is 35.0 Å². The Morgan fingerprint density at radius 1 is 1.07 bits per heavy atom. The molecule has 2 aromatic heterocycles. The molecule has 1 aliphatic rings. The topological polar surface area (TPSA) is 86.8 Å². The first-order chi connectivity index (χ1) is 14.3. The molecule has 10 heteroatoms. The van der Waals surface area contributed by atoms with E-state index in [1.54, 1.807) is 18.9 Å². The number of methoxy groups -OCH3 is 1. The molecule has 1 saturated heterocycles. The lowest BCUT2D eigenvalue weighted by molar-refractivity contribution is 0.412. The van der Waals surface area contributed by atoms with Gasteiger partial charge in [-0.1, -0.05) is 30.8 Å². The molecule has 1 fully saturated rings. The van der Waals surface area contributed by atoms with Crippen LogP contribution in [-0.2, 0) is 12.3 Å². The maximum atomic E-state index is 5.63. The SMILES string of the molecule is CCCn1nnnc1CSc1nnc(N2CCCCC2)n1-c1ccccc1OC. The Kier molecular flexibility index (Phi) is 6.28. The molecule has 154 valence electrons. The standard InChI is InChI=1S/C19H26N8OS/c1-3-11-26-17(20-23-24-26)14-29-19-22-21-18(25-12-7-4-8-13-25)27(19)15-9-5-6-10-16(15)28-2/h5-6,9-10H,3-4,7-8,11-14H2,1-2H3. The second-order valence-corrected chi connectivity index (χ2v) is 7.89. The average Bonchev–Trinajstić information content (AvgIpc) is 3.39. The molecule has 9 nitrogen and oxygen atoms in total. The van der Waals surface area contributed by atoms with Crippen LogP contribution in [0.1, 0.15) is 38.4 Å². The molecule has 1 aliphatic heterocycles. The number of nitrogens with zero attached hydrogens (tertiary/aromatic N) is 8. The summed E-state index contributed by atoms with van der Waals surface area (Å²) in [4.78, 5) is 2.31. The third kappa shape index (κ3) is 4.21. The van der Waals surface area contributed by atoms with Gasteiger partial charge in [0.1, 0.15) is 5.75 Å². The van der Waals surface area contributed by atoms with E-state index in [-0.39, 0.29) is 0 Å². The summed E-state index contributed by atoms with van der Waals surface area (Å²) in [6.07, 6.45) is 4.60. The van der Waals surface area contributed by atoms with Crippen molar-refractivity contribution in [2.75, 3.05) is 25.1 Å². The molecular formula is C19H26N8OS. The highest BCUT2D eigenvalue weighted by Crippen LogP contribution is 2.33. The minimum atomic E-state index is 0.625. The van der Waals surface area contributed by atoms with Gasteiger partial charge in [0.15, 0.2) is 11.0 Å². The first-order valence-corrected chi connectivity index (χ1v) is 11.0. The zero-order valence-corrected chi connectivity index (χ0v) is 17.7. The number of hydrogen-bond donors (Lipinski definition) is 0. The van der Waals surface area contributed by atoms with Crippen LogP contribution in [0.25, 0.3) is 5.69 Å². The van der Waals surface area contributed by atoms with E-state index >= 15 is 0 Å². The number of ether oxygens (including phenoxy) is 1. The van der Waals surface area contributed by atoms with Crippen LogP contribution in [-0.4, -0.2) is 55.2 Å². The molecule has 0 amide bonds. The molecule has 0 spiro atoms. The number of aryl methyl sites for hydroxylation is 1. The lowest BCUT2D eigenvalue weighted by Crippen LogP contribution is -2.31. The maximum absolute atomic E-state index is 5.63. The number of piperidine rings is 1. The number of aromatic nitrogens is 7. The summed E-state index contributed by atoms with van der Waals surface area (Å²) in [7, 11) is 1.69. The zero-order chi connectivity index (χ0) is 20.1. The van der Waals surface area contributed by atoms with Gasteiger partial charge in [0, 0.05) is 19.6 Å². The predicted octanol–water partition coefficient (Wildman–Crippen LogP) is 2.96. The predicted molar refractivity (Wildman–Crippen MR) is 112 cm³/mol. The van der Waals surface area contributed by atoms with Gasteiger partial charge >= 0.3 is 0 Å². The van der Waals surface area contributed by atoms with E-state index in [2.05, 4.69) is 42.1 Å². The Labute approximate surface area is 174 Å². The van der Waals surface area contributed by atoms with Gasteiger partial charge < -0.3 is 9.64 Å². The third-order valence-electron chi connectivity index (χ3n) is 4.95. The van der Waals surface area contributed by atoms with Gasteiger partial charge in [0.25, 0.3) is 0 Å². The first kappa shape index (κ1) is 19.7. The van der Waals surface area contributed by atoms with Crippen LogP contribution in [0.2, 0.25) is 0 Å². The summed E-state index contributed by atoms with van der Waals surface area (Å²) < 4.78 is 9.58. The maximum Gasteiger partial charge on any atom is 0.232 e. The van der Waals surface area contributed by atoms with Crippen LogP contribution < -0.4 is 9.64 Å². The van der Waals surface area contributed by atoms with Crippen molar-refractivity contribution in [3.63, 3.8) is 0 Å². The van der Waals surface area contributed by atoms with Crippen molar-refractivity contribution in [3.05, 3.63) is 30.1 Å². The van der Waals surface area contributed by atoms with Crippen LogP contribution in [0.15, 0.2) is 29.4 Å². The molecule has 0 N–H and O–H groups in total. The molecule has 3 heterocycles. The summed E-state index contributed by atoms with van der Waals surface area (Å²) in [6, 6.07) is 7.99. The normalized spacial score (nSPS) is 14.3. The van der Waals surface area contributed by atoms with Gasteiger partial charge in [0.2, 0.25) is 5.95 Å². The number of para-hydroxylation sites is 2. The molecule has 29 heavy (non-hydrogen) atoms. The Balaban J connectivity index is 1.68. The summed E-state index contributed by atoms with van der Waals surface area (Å²) in [5.74, 6) is 3.12.